The molecule has 4 aromatic rings. The summed E-state index contributed by atoms with van der Waals surface area (Å²) in [7, 11) is 1.63. The van der Waals surface area contributed by atoms with Gasteiger partial charge in [-0.15, -0.1) is 11.3 Å². The molecule has 2 aromatic carbocycles. The predicted octanol–water partition coefficient (Wildman–Crippen LogP) is 5.49. The Morgan fingerprint density at radius 3 is 2.72 bits per heavy atom. The lowest BCUT2D eigenvalue weighted by Crippen LogP contribution is -2.57. The van der Waals surface area contributed by atoms with Crippen molar-refractivity contribution in [3.05, 3.63) is 72.3 Å². The second kappa shape index (κ2) is 10.1. The summed E-state index contributed by atoms with van der Waals surface area (Å²) in [6, 6.07) is 16.0. The van der Waals surface area contributed by atoms with Crippen LogP contribution in [0.25, 0.3) is 20.7 Å². The van der Waals surface area contributed by atoms with Gasteiger partial charge in [0.05, 0.1) is 23.4 Å². The lowest BCUT2D eigenvalue weighted by atomic mass is 10.1. The van der Waals surface area contributed by atoms with Crippen LogP contribution < -0.4 is 15.0 Å². The van der Waals surface area contributed by atoms with Gasteiger partial charge in [-0.05, 0) is 55.3 Å². The number of rotatable bonds is 5. The largest absolute Gasteiger partial charge is 0.497 e. The molecule has 0 aliphatic carbocycles. The Morgan fingerprint density at radius 2 is 1.97 bits per heavy atom. The van der Waals surface area contributed by atoms with Gasteiger partial charge in [0.15, 0.2) is 0 Å². The van der Waals surface area contributed by atoms with E-state index < -0.39 is 0 Å². The Bertz CT molecular complexity index is 1380. The smallest absolute Gasteiger partial charge is 0.318 e. The Kier molecular flexibility index (Phi) is 6.73. The second-order valence-corrected chi connectivity index (χ2v) is 10.0. The van der Waals surface area contributed by atoms with Gasteiger partial charge in [-0.3, -0.25) is 0 Å². The fraction of sp³-hybridized carbons (Fsp3) is 0.296. The van der Waals surface area contributed by atoms with Gasteiger partial charge < -0.3 is 19.9 Å². The molecule has 2 aromatic heterocycles. The maximum atomic E-state index is 13.4. The zero-order chi connectivity index (χ0) is 25.2. The van der Waals surface area contributed by atoms with Crippen molar-refractivity contribution in [3.63, 3.8) is 0 Å². The number of carbonyl (C=O) groups excluding carboxylic acids is 1. The van der Waals surface area contributed by atoms with E-state index in [4.69, 9.17) is 4.74 Å². The third kappa shape index (κ3) is 4.83. The first-order valence-corrected chi connectivity index (χ1v) is 12.7. The lowest BCUT2D eigenvalue weighted by molar-refractivity contribution is 0.168. The number of aromatic nitrogens is 2. The number of methoxy groups -OCH3 is 1. The average molecular weight is 506 g/mol. The van der Waals surface area contributed by atoms with Gasteiger partial charge in [0.1, 0.15) is 23.7 Å². The monoisotopic (exact) mass is 505 g/mol. The normalized spacial score (nSPS) is 16.7. The van der Waals surface area contributed by atoms with Crippen LogP contribution in [0.3, 0.4) is 0 Å². The van der Waals surface area contributed by atoms with Gasteiger partial charge >= 0.3 is 6.03 Å². The maximum Gasteiger partial charge on any atom is 0.318 e. The summed E-state index contributed by atoms with van der Waals surface area (Å²) < 4.78 is 19.7. The van der Waals surface area contributed by atoms with Crippen molar-refractivity contribution in [3.8, 4) is 16.2 Å². The summed E-state index contributed by atoms with van der Waals surface area (Å²) >= 11 is 1.60. The number of anilines is 1. The second-order valence-electron chi connectivity index (χ2n) is 8.97. The predicted molar refractivity (Wildman–Crippen MR) is 141 cm³/mol. The summed E-state index contributed by atoms with van der Waals surface area (Å²) in [5, 5.41) is 3.12. The molecule has 1 aliphatic heterocycles. The van der Waals surface area contributed by atoms with Gasteiger partial charge in [0.25, 0.3) is 0 Å². The number of fused-ring (bicyclic) bond motifs is 1. The van der Waals surface area contributed by atoms with E-state index in [9.17, 15) is 9.18 Å². The molecule has 0 bridgehead atoms. The summed E-state index contributed by atoms with van der Waals surface area (Å²) in [6.45, 7) is 5.94. The highest BCUT2D eigenvalue weighted by Gasteiger charge is 2.30. The van der Waals surface area contributed by atoms with Gasteiger partial charge in [-0.1, -0.05) is 24.3 Å². The molecule has 1 fully saturated rings. The SMILES string of the molecule is COc1cccc(C(C)NC(=O)N2CCN(c3ncnc4cc(-c5ccc(F)cc5)sc34)C[C@H]2C)c1. The number of urea groups is 1. The van der Waals surface area contributed by atoms with E-state index in [0.29, 0.717) is 19.6 Å². The van der Waals surface area contributed by atoms with Crippen molar-refractivity contribution in [2.45, 2.75) is 25.9 Å². The number of thiophene rings is 1. The molecule has 0 radical (unpaired) electrons. The number of nitrogens with zero attached hydrogens (tertiary/aromatic N) is 4. The number of hydrogen-bond donors (Lipinski definition) is 1. The van der Waals surface area contributed by atoms with E-state index in [1.807, 2.05) is 42.2 Å². The van der Waals surface area contributed by atoms with E-state index >= 15 is 0 Å². The fourth-order valence-electron chi connectivity index (χ4n) is 4.54. The van der Waals surface area contributed by atoms with Crippen molar-refractivity contribution in [1.82, 2.24) is 20.2 Å². The molecule has 0 saturated carbocycles. The van der Waals surface area contributed by atoms with Crippen molar-refractivity contribution in [2.75, 3.05) is 31.6 Å². The van der Waals surface area contributed by atoms with E-state index in [1.165, 1.54) is 12.1 Å². The molecule has 5 rings (SSSR count). The minimum absolute atomic E-state index is 0.00203. The van der Waals surface area contributed by atoms with Crippen molar-refractivity contribution < 1.29 is 13.9 Å². The molecule has 7 nitrogen and oxygen atoms in total. The van der Waals surface area contributed by atoms with Crippen LogP contribution in [0.5, 0.6) is 5.75 Å². The van der Waals surface area contributed by atoms with Crippen LogP contribution in [0.2, 0.25) is 0 Å². The van der Waals surface area contributed by atoms with Gasteiger partial charge in [0.2, 0.25) is 0 Å². The number of amides is 2. The molecule has 2 atom stereocenters. The Balaban J connectivity index is 1.29. The average Bonchev–Trinajstić information content (AvgIpc) is 3.33. The van der Waals surface area contributed by atoms with Gasteiger partial charge in [-0.2, -0.15) is 0 Å². The Labute approximate surface area is 213 Å². The molecule has 0 spiro atoms. The van der Waals surface area contributed by atoms with Crippen LogP contribution in [0.1, 0.15) is 25.5 Å². The van der Waals surface area contributed by atoms with Gasteiger partial charge in [-0.25, -0.2) is 19.2 Å². The summed E-state index contributed by atoms with van der Waals surface area (Å²) in [5.74, 6) is 1.38. The zero-order valence-corrected chi connectivity index (χ0v) is 21.3. The van der Waals surface area contributed by atoms with E-state index in [2.05, 4.69) is 27.1 Å². The lowest BCUT2D eigenvalue weighted by Gasteiger charge is -2.40. The highest BCUT2D eigenvalue weighted by molar-refractivity contribution is 7.22. The number of nitrogens with one attached hydrogen (secondary N) is 1. The standard InChI is InChI=1S/C27H28FN5O2S/c1-17-15-32(11-12-33(17)27(34)31-18(2)20-5-4-6-22(13-20)35-3)26-25-23(29-16-30-26)14-24(36-25)19-7-9-21(28)10-8-19/h4-10,13-14,16-18H,11-12,15H2,1-3H3,(H,31,34)/t17-,18?/m1/s1. The van der Waals surface area contributed by atoms with Crippen LogP contribution in [0.4, 0.5) is 15.0 Å². The van der Waals surface area contributed by atoms with Crippen molar-refractivity contribution in [2.24, 2.45) is 0 Å². The number of carbonyl (C=O) groups is 1. The molecule has 186 valence electrons. The Hall–Kier alpha value is -3.72. The van der Waals surface area contributed by atoms with E-state index in [0.717, 1.165) is 37.8 Å². The molecule has 3 heterocycles. The van der Waals surface area contributed by atoms with Crippen LogP contribution >= 0.6 is 11.3 Å². The number of ether oxygens (including phenoxy) is 1. The molecule has 1 N–H and O–H groups in total. The third-order valence-corrected chi connectivity index (χ3v) is 7.71. The third-order valence-electron chi connectivity index (χ3n) is 6.54. The summed E-state index contributed by atoms with van der Waals surface area (Å²) in [6.07, 6.45) is 1.58. The molecule has 1 unspecified atom stereocenters. The number of hydrogen-bond acceptors (Lipinski definition) is 6. The van der Waals surface area contributed by atoms with Crippen LogP contribution in [0, 0.1) is 5.82 Å². The van der Waals surface area contributed by atoms with E-state index in [-0.39, 0.29) is 23.9 Å². The molecule has 1 saturated heterocycles. The number of benzene rings is 2. The molecule has 2 amide bonds. The van der Waals surface area contributed by atoms with Crippen LogP contribution in [-0.4, -0.2) is 53.7 Å². The minimum atomic E-state index is -0.255. The first-order chi connectivity index (χ1) is 17.4. The minimum Gasteiger partial charge on any atom is -0.497 e. The van der Waals surface area contributed by atoms with E-state index in [1.54, 1.807) is 36.9 Å². The van der Waals surface area contributed by atoms with Crippen LogP contribution in [-0.2, 0) is 0 Å². The summed E-state index contributed by atoms with van der Waals surface area (Å²) in [5.41, 5.74) is 2.81. The number of halogens is 1. The molecule has 36 heavy (non-hydrogen) atoms. The Morgan fingerprint density at radius 1 is 1.17 bits per heavy atom. The first kappa shape index (κ1) is 24.0. The fourth-order valence-corrected chi connectivity index (χ4v) is 5.67. The summed E-state index contributed by atoms with van der Waals surface area (Å²) in [4.78, 5) is 27.3. The topological polar surface area (TPSA) is 70.6 Å². The zero-order valence-electron chi connectivity index (χ0n) is 20.4. The molecular formula is C27H28FN5O2S. The molecular weight excluding hydrogens is 477 g/mol. The first-order valence-electron chi connectivity index (χ1n) is 11.9. The molecule has 9 heteroatoms. The van der Waals surface area contributed by atoms with Crippen LogP contribution in [0.15, 0.2) is 60.9 Å². The highest BCUT2D eigenvalue weighted by Crippen LogP contribution is 2.37. The van der Waals surface area contributed by atoms with Crippen molar-refractivity contribution in [1.29, 1.82) is 0 Å². The number of piperazine rings is 1. The van der Waals surface area contributed by atoms with Crippen molar-refractivity contribution >= 4 is 33.4 Å². The quantitative estimate of drug-likeness (QED) is 0.389. The molecule has 1 aliphatic rings. The maximum absolute atomic E-state index is 13.4. The van der Waals surface area contributed by atoms with Gasteiger partial charge in [0, 0.05) is 30.6 Å². The highest BCUT2D eigenvalue weighted by atomic mass is 32.1.